The molecule has 1 heterocycles. The highest BCUT2D eigenvalue weighted by Gasteiger charge is 2.30. The van der Waals surface area contributed by atoms with Crippen LogP contribution in [0.25, 0.3) is 0 Å². The Labute approximate surface area is 126 Å². The first-order chi connectivity index (χ1) is 9.56. The van der Waals surface area contributed by atoms with Gasteiger partial charge in [0.2, 0.25) is 0 Å². The Morgan fingerprint density at radius 2 is 1.85 bits per heavy atom. The molecule has 2 nitrogen and oxygen atoms in total. The van der Waals surface area contributed by atoms with Crippen molar-refractivity contribution in [3.05, 3.63) is 0 Å². The van der Waals surface area contributed by atoms with Gasteiger partial charge in [-0.05, 0) is 50.0 Å². The molecular weight excluding hydrogens is 244 g/mol. The zero-order chi connectivity index (χ0) is 14.5. The van der Waals surface area contributed by atoms with Crippen LogP contribution in [0.15, 0.2) is 0 Å². The fourth-order valence-electron chi connectivity index (χ4n) is 4.18. The van der Waals surface area contributed by atoms with Crippen LogP contribution < -0.4 is 5.32 Å². The van der Waals surface area contributed by atoms with Gasteiger partial charge in [-0.2, -0.15) is 0 Å². The average Bonchev–Trinajstić information content (AvgIpc) is 2.90. The SMILES string of the molecule is CC(C)CN(CC1CCCN1)C1CCCC(C(C)C)C1. The van der Waals surface area contributed by atoms with Gasteiger partial charge in [0.05, 0.1) is 0 Å². The quantitative estimate of drug-likeness (QED) is 0.793. The maximum Gasteiger partial charge on any atom is 0.0195 e. The molecule has 0 aromatic heterocycles. The molecule has 0 aromatic rings. The lowest BCUT2D eigenvalue weighted by molar-refractivity contribution is 0.0948. The lowest BCUT2D eigenvalue weighted by atomic mass is 9.78. The molecule has 2 fully saturated rings. The summed E-state index contributed by atoms with van der Waals surface area (Å²) in [7, 11) is 0. The van der Waals surface area contributed by atoms with E-state index in [0.29, 0.717) is 0 Å². The Morgan fingerprint density at radius 3 is 2.45 bits per heavy atom. The summed E-state index contributed by atoms with van der Waals surface area (Å²) in [5.74, 6) is 2.61. The van der Waals surface area contributed by atoms with Gasteiger partial charge in [-0.25, -0.2) is 0 Å². The molecule has 0 amide bonds. The van der Waals surface area contributed by atoms with E-state index in [9.17, 15) is 0 Å². The maximum atomic E-state index is 3.69. The van der Waals surface area contributed by atoms with Crippen molar-refractivity contribution in [3.63, 3.8) is 0 Å². The van der Waals surface area contributed by atoms with Crippen LogP contribution in [0, 0.1) is 17.8 Å². The van der Waals surface area contributed by atoms with Crippen LogP contribution >= 0.6 is 0 Å². The standard InChI is InChI=1S/C18H36N2/c1-14(2)12-20(13-17-8-6-10-19-17)18-9-5-7-16(11-18)15(3)4/h14-19H,5-13H2,1-4H3. The molecule has 0 bridgehead atoms. The number of nitrogens with one attached hydrogen (secondary N) is 1. The predicted octanol–water partition coefficient (Wildman–Crippen LogP) is 3.91. The van der Waals surface area contributed by atoms with E-state index >= 15 is 0 Å². The van der Waals surface area contributed by atoms with E-state index < -0.39 is 0 Å². The molecule has 118 valence electrons. The predicted molar refractivity (Wildman–Crippen MR) is 88.0 cm³/mol. The maximum absolute atomic E-state index is 3.69. The monoisotopic (exact) mass is 280 g/mol. The van der Waals surface area contributed by atoms with E-state index in [2.05, 4.69) is 37.9 Å². The van der Waals surface area contributed by atoms with Crippen LogP contribution in [0.3, 0.4) is 0 Å². The summed E-state index contributed by atoms with van der Waals surface area (Å²) in [4.78, 5) is 2.84. The van der Waals surface area contributed by atoms with Crippen LogP contribution in [0.2, 0.25) is 0 Å². The van der Waals surface area contributed by atoms with E-state index in [1.165, 1.54) is 58.2 Å². The number of hydrogen-bond donors (Lipinski definition) is 1. The Bertz CT molecular complexity index is 269. The molecule has 3 unspecified atom stereocenters. The minimum absolute atomic E-state index is 0.758. The summed E-state index contributed by atoms with van der Waals surface area (Å²) in [6.45, 7) is 13.4. The fraction of sp³-hybridized carbons (Fsp3) is 1.00. The topological polar surface area (TPSA) is 15.3 Å². The smallest absolute Gasteiger partial charge is 0.0195 e. The molecule has 2 heteroatoms. The molecule has 1 N–H and O–H groups in total. The summed E-state index contributed by atoms with van der Waals surface area (Å²) < 4.78 is 0. The second kappa shape index (κ2) is 7.79. The summed E-state index contributed by atoms with van der Waals surface area (Å²) in [6.07, 6.45) is 8.54. The first kappa shape index (κ1) is 16.3. The minimum atomic E-state index is 0.758. The molecule has 20 heavy (non-hydrogen) atoms. The van der Waals surface area contributed by atoms with Gasteiger partial charge in [-0.15, -0.1) is 0 Å². The Morgan fingerprint density at radius 1 is 1.05 bits per heavy atom. The number of rotatable bonds is 6. The van der Waals surface area contributed by atoms with Crippen molar-refractivity contribution in [1.82, 2.24) is 10.2 Å². The van der Waals surface area contributed by atoms with Crippen LogP contribution in [0.4, 0.5) is 0 Å². The summed E-state index contributed by atoms with van der Waals surface area (Å²) in [5.41, 5.74) is 0. The van der Waals surface area contributed by atoms with E-state index in [1.807, 2.05) is 0 Å². The van der Waals surface area contributed by atoms with Crippen molar-refractivity contribution < 1.29 is 0 Å². The van der Waals surface area contributed by atoms with Crippen molar-refractivity contribution in [2.45, 2.75) is 78.3 Å². The van der Waals surface area contributed by atoms with Crippen molar-refractivity contribution in [2.75, 3.05) is 19.6 Å². The molecule has 1 aliphatic heterocycles. The van der Waals surface area contributed by atoms with Crippen LogP contribution in [-0.4, -0.2) is 36.6 Å². The first-order valence-electron chi connectivity index (χ1n) is 9.03. The molecule has 1 aliphatic carbocycles. The highest BCUT2D eigenvalue weighted by molar-refractivity contribution is 4.86. The molecule has 0 radical (unpaired) electrons. The third kappa shape index (κ3) is 4.73. The molecule has 3 atom stereocenters. The highest BCUT2D eigenvalue weighted by atomic mass is 15.2. The molecule has 2 rings (SSSR count). The second-order valence-corrected chi connectivity index (χ2v) is 7.97. The lowest BCUT2D eigenvalue weighted by Gasteiger charge is -2.40. The first-order valence-corrected chi connectivity index (χ1v) is 9.03. The second-order valence-electron chi connectivity index (χ2n) is 7.97. The highest BCUT2D eigenvalue weighted by Crippen LogP contribution is 2.33. The number of nitrogens with zero attached hydrogens (tertiary/aromatic N) is 1. The third-order valence-electron chi connectivity index (χ3n) is 5.36. The minimum Gasteiger partial charge on any atom is -0.313 e. The van der Waals surface area contributed by atoms with Gasteiger partial charge in [-0.3, -0.25) is 4.90 Å². The zero-order valence-electron chi connectivity index (χ0n) is 14.2. The van der Waals surface area contributed by atoms with Gasteiger partial charge in [-0.1, -0.05) is 40.5 Å². The molecule has 2 aliphatic rings. The molecular formula is C18H36N2. The Hall–Kier alpha value is -0.0800. The molecule has 1 saturated heterocycles. The van der Waals surface area contributed by atoms with Crippen molar-refractivity contribution >= 4 is 0 Å². The average molecular weight is 280 g/mol. The lowest BCUT2D eigenvalue weighted by Crippen LogP contribution is -2.47. The van der Waals surface area contributed by atoms with Crippen molar-refractivity contribution in [3.8, 4) is 0 Å². The van der Waals surface area contributed by atoms with Crippen LogP contribution in [0.1, 0.15) is 66.2 Å². The van der Waals surface area contributed by atoms with Gasteiger partial charge >= 0.3 is 0 Å². The number of hydrogen-bond acceptors (Lipinski definition) is 2. The normalized spacial score (nSPS) is 31.6. The fourth-order valence-corrected chi connectivity index (χ4v) is 4.18. The third-order valence-corrected chi connectivity index (χ3v) is 5.36. The van der Waals surface area contributed by atoms with Crippen molar-refractivity contribution in [1.29, 1.82) is 0 Å². The van der Waals surface area contributed by atoms with E-state index in [0.717, 1.165) is 29.8 Å². The molecule has 1 saturated carbocycles. The Balaban J connectivity index is 1.93. The van der Waals surface area contributed by atoms with Crippen molar-refractivity contribution in [2.24, 2.45) is 17.8 Å². The summed E-state index contributed by atoms with van der Waals surface area (Å²) >= 11 is 0. The zero-order valence-corrected chi connectivity index (χ0v) is 14.2. The van der Waals surface area contributed by atoms with Gasteiger partial charge in [0.25, 0.3) is 0 Å². The largest absolute Gasteiger partial charge is 0.313 e. The van der Waals surface area contributed by atoms with Gasteiger partial charge in [0, 0.05) is 25.2 Å². The van der Waals surface area contributed by atoms with Gasteiger partial charge < -0.3 is 5.32 Å². The molecule has 0 aromatic carbocycles. The Kier molecular flexibility index (Phi) is 6.35. The molecule has 0 spiro atoms. The van der Waals surface area contributed by atoms with Gasteiger partial charge in [0.1, 0.15) is 0 Å². The van der Waals surface area contributed by atoms with E-state index in [4.69, 9.17) is 0 Å². The summed E-state index contributed by atoms with van der Waals surface area (Å²) in [6, 6.07) is 1.61. The van der Waals surface area contributed by atoms with E-state index in [-0.39, 0.29) is 0 Å². The van der Waals surface area contributed by atoms with Crippen LogP contribution in [0.5, 0.6) is 0 Å². The van der Waals surface area contributed by atoms with E-state index in [1.54, 1.807) is 0 Å². The van der Waals surface area contributed by atoms with Crippen LogP contribution in [-0.2, 0) is 0 Å². The van der Waals surface area contributed by atoms with Gasteiger partial charge in [0.15, 0.2) is 0 Å². The summed E-state index contributed by atoms with van der Waals surface area (Å²) in [5, 5.41) is 3.69.